The first-order valence-electron chi connectivity index (χ1n) is 5.17. The molecule has 0 aromatic heterocycles. The van der Waals surface area contributed by atoms with Gasteiger partial charge in [-0.3, -0.25) is 4.79 Å². The van der Waals surface area contributed by atoms with Crippen LogP contribution in [0.25, 0.3) is 0 Å². The molecule has 0 aromatic rings. The third kappa shape index (κ3) is 3.37. The predicted octanol–water partition coefficient (Wildman–Crippen LogP) is 2.77. The molecule has 76 valence electrons. The summed E-state index contributed by atoms with van der Waals surface area (Å²) in [6.45, 7) is 6.31. The Labute approximate surface area is 80.7 Å². The highest BCUT2D eigenvalue weighted by Crippen LogP contribution is 2.25. The van der Waals surface area contributed by atoms with Crippen molar-refractivity contribution >= 4 is 5.97 Å². The number of ether oxygens (including phenoxy) is 1. The lowest BCUT2D eigenvalue weighted by Crippen LogP contribution is -2.24. The van der Waals surface area contributed by atoms with Crippen molar-refractivity contribution in [2.24, 2.45) is 11.3 Å². The zero-order valence-electron chi connectivity index (χ0n) is 8.93. The Kier molecular flexibility index (Phi) is 3.34. The molecule has 2 nitrogen and oxygen atoms in total. The van der Waals surface area contributed by atoms with Gasteiger partial charge in [0.1, 0.15) is 0 Å². The van der Waals surface area contributed by atoms with Crippen LogP contribution in [-0.4, -0.2) is 12.6 Å². The molecule has 1 aliphatic carbocycles. The van der Waals surface area contributed by atoms with E-state index in [2.05, 4.69) is 0 Å². The van der Waals surface area contributed by atoms with Crippen molar-refractivity contribution in [1.82, 2.24) is 0 Å². The molecule has 1 rings (SSSR count). The monoisotopic (exact) mass is 184 g/mol. The summed E-state index contributed by atoms with van der Waals surface area (Å²) >= 11 is 0. The SMILES string of the molecule is CC(C)(C)C(=O)OCC1CCCC1. The third-order valence-corrected chi connectivity index (χ3v) is 2.54. The summed E-state index contributed by atoms with van der Waals surface area (Å²) in [6.07, 6.45) is 5.07. The normalized spacial score (nSPS) is 19.0. The zero-order chi connectivity index (χ0) is 9.90. The maximum absolute atomic E-state index is 11.4. The molecule has 0 radical (unpaired) electrons. The number of carbonyl (C=O) groups is 1. The maximum Gasteiger partial charge on any atom is 0.311 e. The molecule has 0 aliphatic heterocycles. The van der Waals surface area contributed by atoms with E-state index in [0.717, 1.165) is 0 Å². The molecule has 0 N–H and O–H groups in total. The standard InChI is InChI=1S/C11H20O2/c1-11(2,3)10(12)13-8-9-6-4-5-7-9/h9H,4-8H2,1-3H3. The third-order valence-electron chi connectivity index (χ3n) is 2.54. The van der Waals surface area contributed by atoms with Gasteiger partial charge in [-0.1, -0.05) is 12.8 Å². The van der Waals surface area contributed by atoms with Crippen molar-refractivity contribution in [3.8, 4) is 0 Å². The van der Waals surface area contributed by atoms with Crippen LogP contribution >= 0.6 is 0 Å². The van der Waals surface area contributed by atoms with E-state index in [1.807, 2.05) is 20.8 Å². The molecule has 0 bridgehead atoms. The van der Waals surface area contributed by atoms with Crippen molar-refractivity contribution in [1.29, 1.82) is 0 Å². The van der Waals surface area contributed by atoms with Crippen LogP contribution in [-0.2, 0) is 9.53 Å². The highest BCUT2D eigenvalue weighted by Gasteiger charge is 2.24. The average molecular weight is 184 g/mol. The number of carbonyl (C=O) groups excluding carboxylic acids is 1. The molecule has 0 unspecified atom stereocenters. The molecule has 0 atom stereocenters. The second kappa shape index (κ2) is 4.12. The Balaban J connectivity index is 2.22. The van der Waals surface area contributed by atoms with Crippen molar-refractivity contribution in [3.63, 3.8) is 0 Å². The van der Waals surface area contributed by atoms with Crippen molar-refractivity contribution in [3.05, 3.63) is 0 Å². The molecule has 0 spiro atoms. The highest BCUT2D eigenvalue weighted by molar-refractivity contribution is 5.75. The van der Waals surface area contributed by atoms with Gasteiger partial charge in [-0.25, -0.2) is 0 Å². The van der Waals surface area contributed by atoms with Crippen molar-refractivity contribution in [2.45, 2.75) is 46.5 Å². The summed E-state index contributed by atoms with van der Waals surface area (Å²) < 4.78 is 5.25. The number of rotatable bonds is 2. The van der Waals surface area contributed by atoms with Gasteiger partial charge in [0.05, 0.1) is 12.0 Å². The average Bonchev–Trinajstić information content (AvgIpc) is 2.50. The Hall–Kier alpha value is -0.530. The Morgan fingerprint density at radius 1 is 1.31 bits per heavy atom. The van der Waals surface area contributed by atoms with E-state index in [0.29, 0.717) is 12.5 Å². The van der Waals surface area contributed by atoms with Gasteiger partial charge in [0.2, 0.25) is 0 Å². The van der Waals surface area contributed by atoms with E-state index in [1.165, 1.54) is 25.7 Å². The molecule has 0 amide bonds. The first-order chi connectivity index (χ1) is 6.00. The molecule has 1 saturated carbocycles. The topological polar surface area (TPSA) is 26.3 Å². The first kappa shape index (κ1) is 10.6. The van der Waals surface area contributed by atoms with Gasteiger partial charge in [-0.15, -0.1) is 0 Å². The maximum atomic E-state index is 11.4. The second-order valence-electron chi connectivity index (χ2n) is 5.00. The van der Waals surface area contributed by atoms with Crippen LogP contribution in [0.5, 0.6) is 0 Å². The molecule has 1 fully saturated rings. The quantitative estimate of drug-likeness (QED) is 0.617. The van der Waals surface area contributed by atoms with E-state index in [-0.39, 0.29) is 11.4 Å². The fourth-order valence-corrected chi connectivity index (χ4v) is 1.59. The lowest BCUT2D eigenvalue weighted by Gasteiger charge is -2.18. The lowest BCUT2D eigenvalue weighted by atomic mass is 9.97. The second-order valence-corrected chi connectivity index (χ2v) is 5.00. The van der Waals surface area contributed by atoms with Gasteiger partial charge < -0.3 is 4.74 Å². The van der Waals surface area contributed by atoms with Gasteiger partial charge >= 0.3 is 5.97 Å². The number of hydrogen-bond donors (Lipinski definition) is 0. The molecule has 0 aromatic carbocycles. The molecular weight excluding hydrogens is 164 g/mol. The van der Waals surface area contributed by atoms with Gasteiger partial charge in [-0.05, 0) is 39.5 Å². The lowest BCUT2D eigenvalue weighted by molar-refractivity contribution is -0.154. The van der Waals surface area contributed by atoms with Crippen LogP contribution in [0.15, 0.2) is 0 Å². The molecule has 0 heterocycles. The van der Waals surface area contributed by atoms with E-state index < -0.39 is 0 Å². The molecule has 13 heavy (non-hydrogen) atoms. The van der Waals surface area contributed by atoms with E-state index in [1.54, 1.807) is 0 Å². The van der Waals surface area contributed by atoms with E-state index >= 15 is 0 Å². The molecule has 2 heteroatoms. The summed E-state index contributed by atoms with van der Waals surface area (Å²) in [5.41, 5.74) is -0.349. The Morgan fingerprint density at radius 3 is 2.31 bits per heavy atom. The van der Waals surface area contributed by atoms with Crippen LogP contribution in [0.2, 0.25) is 0 Å². The van der Waals surface area contributed by atoms with E-state index in [4.69, 9.17) is 4.74 Å². The predicted molar refractivity (Wildman–Crippen MR) is 52.4 cm³/mol. The smallest absolute Gasteiger partial charge is 0.311 e. The minimum Gasteiger partial charge on any atom is -0.465 e. The first-order valence-corrected chi connectivity index (χ1v) is 5.17. The summed E-state index contributed by atoms with van der Waals surface area (Å²) in [5, 5.41) is 0. The van der Waals surface area contributed by atoms with Crippen molar-refractivity contribution in [2.75, 3.05) is 6.61 Å². The van der Waals surface area contributed by atoms with Gasteiger partial charge in [0.15, 0.2) is 0 Å². The highest BCUT2D eigenvalue weighted by atomic mass is 16.5. The summed E-state index contributed by atoms with van der Waals surface area (Å²) in [4.78, 5) is 11.4. The largest absolute Gasteiger partial charge is 0.465 e. The molecule has 0 saturated heterocycles. The molecule has 1 aliphatic rings. The van der Waals surface area contributed by atoms with Crippen molar-refractivity contribution < 1.29 is 9.53 Å². The minimum atomic E-state index is -0.349. The van der Waals surface area contributed by atoms with Crippen LogP contribution in [0.4, 0.5) is 0 Å². The summed E-state index contributed by atoms with van der Waals surface area (Å²) in [5.74, 6) is 0.561. The number of esters is 1. The minimum absolute atomic E-state index is 0.0700. The Bertz CT molecular complexity index is 173. The zero-order valence-corrected chi connectivity index (χ0v) is 8.93. The Morgan fingerprint density at radius 2 is 1.85 bits per heavy atom. The van der Waals surface area contributed by atoms with Crippen LogP contribution in [0.1, 0.15) is 46.5 Å². The summed E-state index contributed by atoms with van der Waals surface area (Å²) in [7, 11) is 0. The van der Waals surface area contributed by atoms with Crippen LogP contribution in [0.3, 0.4) is 0 Å². The van der Waals surface area contributed by atoms with E-state index in [9.17, 15) is 4.79 Å². The fourth-order valence-electron chi connectivity index (χ4n) is 1.59. The van der Waals surface area contributed by atoms with Gasteiger partial charge in [0.25, 0.3) is 0 Å². The molecular formula is C11H20O2. The fraction of sp³-hybridized carbons (Fsp3) is 0.909. The van der Waals surface area contributed by atoms with Gasteiger partial charge in [0, 0.05) is 0 Å². The van der Waals surface area contributed by atoms with Crippen LogP contribution in [0, 0.1) is 11.3 Å². The summed E-state index contributed by atoms with van der Waals surface area (Å²) in [6, 6.07) is 0. The van der Waals surface area contributed by atoms with Crippen LogP contribution < -0.4 is 0 Å². The number of hydrogen-bond acceptors (Lipinski definition) is 2. The van der Waals surface area contributed by atoms with Gasteiger partial charge in [-0.2, -0.15) is 0 Å².